The molecule has 1 aromatic rings. The molecule has 20 heavy (non-hydrogen) atoms. The first-order valence-corrected chi connectivity index (χ1v) is 7.57. The summed E-state index contributed by atoms with van der Waals surface area (Å²) in [4.78, 5) is 2.57. The van der Waals surface area contributed by atoms with Crippen LogP contribution < -0.4 is 10.6 Å². The van der Waals surface area contributed by atoms with Gasteiger partial charge in [-0.05, 0) is 75.1 Å². The number of unbranched alkanes of at least 4 members (excludes halogenated alkanes) is 1. The number of piperidine rings is 1. The quantitative estimate of drug-likeness (QED) is 0.360. The van der Waals surface area contributed by atoms with Gasteiger partial charge < -0.3 is 15.5 Å². The standard InChI is InChI=1S/C16H25N3O/c17-18-14-15-6-8-16(9-7-15)20-13-5-4-12-19-10-2-1-3-11-19/h6-9,14H,1-5,10-13,17H2. The maximum atomic E-state index is 5.73. The zero-order valence-electron chi connectivity index (χ0n) is 12.1. The van der Waals surface area contributed by atoms with Crippen molar-refractivity contribution in [3.05, 3.63) is 29.8 Å². The first kappa shape index (κ1) is 14.9. The fourth-order valence-electron chi connectivity index (χ4n) is 2.55. The van der Waals surface area contributed by atoms with Gasteiger partial charge in [-0.2, -0.15) is 5.10 Å². The van der Waals surface area contributed by atoms with Crippen LogP contribution in [0.15, 0.2) is 29.4 Å². The first-order chi connectivity index (χ1) is 9.88. The molecular formula is C16H25N3O. The molecule has 1 saturated heterocycles. The van der Waals surface area contributed by atoms with Crippen LogP contribution in [0.2, 0.25) is 0 Å². The monoisotopic (exact) mass is 275 g/mol. The van der Waals surface area contributed by atoms with Gasteiger partial charge in [0, 0.05) is 0 Å². The molecule has 4 nitrogen and oxygen atoms in total. The molecule has 0 saturated carbocycles. The number of hydrazone groups is 1. The third-order valence-electron chi connectivity index (χ3n) is 3.69. The molecule has 0 bridgehead atoms. The van der Waals surface area contributed by atoms with E-state index in [0.717, 1.165) is 24.3 Å². The average molecular weight is 275 g/mol. The predicted molar refractivity (Wildman–Crippen MR) is 83.2 cm³/mol. The molecule has 0 atom stereocenters. The molecule has 0 aromatic heterocycles. The van der Waals surface area contributed by atoms with Crippen molar-refractivity contribution in [3.8, 4) is 5.75 Å². The number of benzene rings is 1. The van der Waals surface area contributed by atoms with Crippen molar-refractivity contribution in [1.82, 2.24) is 4.90 Å². The number of hydrogen-bond donors (Lipinski definition) is 1. The van der Waals surface area contributed by atoms with Gasteiger partial charge in [-0.3, -0.25) is 0 Å². The molecule has 110 valence electrons. The van der Waals surface area contributed by atoms with Crippen LogP contribution in [0, 0.1) is 0 Å². The van der Waals surface area contributed by atoms with Crippen molar-refractivity contribution in [2.24, 2.45) is 10.9 Å². The smallest absolute Gasteiger partial charge is 0.119 e. The minimum absolute atomic E-state index is 0.790. The van der Waals surface area contributed by atoms with Crippen LogP contribution in [0.1, 0.15) is 37.7 Å². The number of hydrogen-bond acceptors (Lipinski definition) is 4. The molecule has 1 aliphatic rings. The Labute approximate surface area is 121 Å². The van der Waals surface area contributed by atoms with Crippen LogP contribution in [0.5, 0.6) is 5.75 Å². The van der Waals surface area contributed by atoms with E-state index in [9.17, 15) is 0 Å². The lowest BCUT2D eigenvalue weighted by Gasteiger charge is -2.26. The Morgan fingerprint density at radius 1 is 1.10 bits per heavy atom. The molecule has 4 heteroatoms. The van der Waals surface area contributed by atoms with E-state index in [4.69, 9.17) is 10.6 Å². The molecule has 0 unspecified atom stereocenters. The Morgan fingerprint density at radius 3 is 2.55 bits per heavy atom. The molecule has 0 aliphatic carbocycles. The van der Waals surface area contributed by atoms with E-state index < -0.39 is 0 Å². The molecule has 1 heterocycles. The van der Waals surface area contributed by atoms with Gasteiger partial charge in [0.2, 0.25) is 0 Å². The predicted octanol–water partition coefficient (Wildman–Crippen LogP) is 2.62. The highest BCUT2D eigenvalue weighted by atomic mass is 16.5. The molecule has 2 rings (SSSR count). The normalized spacial score (nSPS) is 16.6. The Kier molecular flexibility index (Phi) is 6.38. The SMILES string of the molecule is NN=Cc1ccc(OCCCCN2CCCCC2)cc1. The summed E-state index contributed by atoms with van der Waals surface area (Å²) >= 11 is 0. The molecule has 0 radical (unpaired) electrons. The summed E-state index contributed by atoms with van der Waals surface area (Å²) in [5.74, 6) is 6.02. The van der Waals surface area contributed by atoms with Gasteiger partial charge in [-0.1, -0.05) is 6.42 Å². The van der Waals surface area contributed by atoms with Crippen LogP contribution in [0.3, 0.4) is 0 Å². The minimum atomic E-state index is 0.790. The minimum Gasteiger partial charge on any atom is -0.494 e. The second-order valence-corrected chi connectivity index (χ2v) is 5.31. The van der Waals surface area contributed by atoms with Crippen LogP contribution >= 0.6 is 0 Å². The molecule has 1 fully saturated rings. The summed E-state index contributed by atoms with van der Waals surface area (Å²) in [5.41, 5.74) is 0.991. The van der Waals surface area contributed by atoms with Crippen molar-refractivity contribution in [2.45, 2.75) is 32.1 Å². The van der Waals surface area contributed by atoms with Crippen molar-refractivity contribution in [2.75, 3.05) is 26.2 Å². The number of nitrogens with zero attached hydrogens (tertiary/aromatic N) is 2. The summed E-state index contributed by atoms with van der Waals surface area (Å²) < 4.78 is 5.73. The van der Waals surface area contributed by atoms with Crippen molar-refractivity contribution in [3.63, 3.8) is 0 Å². The van der Waals surface area contributed by atoms with Crippen molar-refractivity contribution >= 4 is 6.21 Å². The second-order valence-electron chi connectivity index (χ2n) is 5.31. The second kappa shape index (κ2) is 8.59. The Hall–Kier alpha value is -1.55. The van der Waals surface area contributed by atoms with Gasteiger partial charge in [0.05, 0.1) is 12.8 Å². The summed E-state index contributed by atoms with van der Waals surface area (Å²) in [5, 5.41) is 3.50. The molecule has 1 aromatic carbocycles. The Morgan fingerprint density at radius 2 is 1.85 bits per heavy atom. The van der Waals surface area contributed by atoms with E-state index in [0.29, 0.717) is 0 Å². The maximum Gasteiger partial charge on any atom is 0.119 e. The number of rotatable bonds is 7. The largest absolute Gasteiger partial charge is 0.494 e. The van der Waals surface area contributed by atoms with Crippen LogP contribution in [0.25, 0.3) is 0 Å². The highest BCUT2D eigenvalue weighted by molar-refractivity contribution is 5.79. The molecule has 1 aliphatic heterocycles. The fourth-order valence-corrected chi connectivity index (χ4v) is 2.55. The highest BCUT2D eigenvalue weighted by Gasteiger charge is 2.08. The summed E-state index contributed by atoms with van der Waals surface area (Å²) in [7, 11) is 0. The van der Waals surface area contributed by atoms with Gasteiger partial charge in [0.15, 0.2) is 0 Å². The lowest BCUT2D eigenvalue weighted by molar-refractivity contribution is 0.216. The van der Waals surface area contributed by atoms with Gasteiger partial charge >= 0.3 is 0 Å². The van der Waals surface area contributed by atoms with Crippen molar-refractivity contribution in [1.29, 1.82) is 0 Å². The summed E-state index contributed by atoms with van der Waals surface area (Å²) in [6.45, 7) is 4.57. The highest BCUT2D eigenvalue weighted by Crippen LogP contribution is 2.12. The first-order valence-electron chi connectivity index (χ1n) is 7.57. The Balaban J connectivity index is 1.58. The third-order valence-corrected chi connectivity index (χ3v) is 3.69. The van der Waals surface area contributed by atoms with E-state index in [2.05, 4.69) is 10.0 Å². The lowest BCUT2D eigenvalue weighted by atomic mass is 10.1. The zero-order chi connectivity index (χ0) is 14.0. The molecule has 2 N–H and O–H groups in total. The molecular weight excluding hydrogens is 250 g/mol. The fraction of sp³-hybridized carbons (Fsp3) is 0.562. The van der Waals surface area contributed by atoms with Crippen molar-refractivity contribution < 1.29 is 4.74 Å². The van der Waals surface area contributed by atoms with Gasteiger partial charge in [-0.15, -0.1) is 0 Å². The van der Waals surface area contributed by atoms with Gasteiger partial charge in [0.1, 0.15) is 5.75 Å². The summed E-state index contributed by atoms with van der Waals surface area (Å²) in [6.07, 6.45) is 8.11. The topological polar surface area (TPSA) is 50.9 Å². The van der Waals surface area contributed by atoms with E-state index in [1.165, 1.54) is 45.3 Å². The third kappa shape index (κ3) is 5.21. The van der Waals surface area contributed by atoms with E-state index >= 15 is 0 Å². The Bertz CT molecular complexity index is 397. The number of likely N-dealkylation sites (tertiary alicyclic amines) is 1. The van der Waals surface area contributed by atoms with Gasteiger partial charge in [0.25, 0.3) is 0 Å². The lowest BCUT2D eigenvalue weighted by Crippen LogP contribution is -2.30. The van der Waals surface area contributed by atoms with Crippen LogP contribution in [-0.2, 0) is 0 Å². The van der Waals surface area contributed by atoms with Crippen LogP contribution in [-0.4, -0.2) is 37.4 Å². The molecule has 0 amide bonds. The zero-order valence-corrected chi connectivity index (χ0v) is 12.1. The molecule has 0 spiro atoms. The maximum absolute atomic E-state index is 5.73. The van der Waals surface area contributed by atoms with Crippen LogP contribution in [0.4, 0.5) is 0 Å². The van der Waals surface area contributed by atoms with E-state index in [-0.39, 0.29) is 0 Å². The number of nitrogens with two attached hydrogens (primary N) is 1. The number of ether oxygens (including phenoxy) is 1. The average Bonchev–Trinajstić information content (AvgIpc) is 2.50. The van der Waals surface area contributed by atoms with E-state index in [1.54, 1.807) is 6.21 Å². The summed E-state index contributed by atoms with van der Waals surface area (Å²) in [6, 6.07) is 7.84. The van der Waals surface area contributed by atoms with E-state index in [1.807, 2.05) is 24.3 Å². The van der Waals surface area contributed by atoms with Gasteiger partial charge in [-0.25, -0.2) is 0 Å².